The van der Waals surface area contributed by atoms with Gasteiger partial charge in [-0.3, -0.25) is 4.79 Å². The summed E-state index contributed by atoms with van der Waals surface area (Å²) in [6.45, 7) is 13.9. The minimum Gasteiger partial charge on any atom is -0.459 e. The fraction of sp³-hybridized carbons (Fsp3) is 0.650. The smallest absolute Gasteiger partial charge is 0.459 e. The second-order valence-corrected chi connectivity index (χ2v) is 9.30. The molecule has 1 aliphatic heterocycles. The van der Waals surface area contributed by atoms with Crippen LogP contribution in [0.3, 0.4) is 0 Å². The molecule has 1 heterocycles. The van der Waals surface area contributed by atoms with Crippen LogP contribution in [0.25, 0.3) is 0 Å². The minimum atomic E-state index is -0.507. The number of ether oxygens (including phenoxy) is 1. The summed E-state index contributed by atoms with van der Waals surface area (Å²) in [5, 5.41) is 0. The lowest BCUT2D eigenvalue weighted by atomic mass is 9.77. The normalized spacial score (nSPS) is 23.4. The lowest BCUT2D eigenvalue weighted by Crippen LogP contribution is -2.41. The second kappa shape index (κ2) is 5.58. The third-order valence-electron chi connectivity index (χ3n) is 5.50. The Bertz CT molecular complexity index is 667. The summed E-state index contributed by atoms with van der Waals surface area (Å²) < 4.78 is 17.9. The van der Waals surface area contributed by atoms with E-state index in [4.69, 9.17) is 14.0 Å². The van der Waals surface area contributed by atoms with Crippen molar-refractivity contribution >= 4 is 18.6 Å². The van der Waals surface area contributed by atoms with Crippen LogP contribution in [-0.2, 0) is 24.3 Å². The van der Waals surface area contributed by atoms with Crippen LogP contribution < -0.4 is 5.46 Å². The summed E-state index contributed by atoms with van der Waals surface area (Å²) in [6, 6.07) is 8.02. The number of carbonyl (C=O) groups excluding carboxylic acids is 1. The van der Waals surface area contributed by atoms with Gasteiger partial charge in [0, 0.05) is 0 Å². The summed E-state index contributed by atoms with van der Waals surface area (Å²) in [5.41, 5.74) is 0.203. The molecule has 4 nitrogen and oxygen atoms in total. The molecule has 1 aliphatic carbocycles. The van der Waals surface area contributed by atoms with E-state index in [1.54, 1.807) is 0 Å². The van der Waals surface area contributed by atoms with Gasteiger partial charge in [0.25, 0.3) is 0 Å². The van der Waals surface area contributed by atoms with Crippen LogP contribution in [-0.4, -0.2) is 29.9 Å². The van der Waals surface area contributed by atoms with E-state index in [9.17, 15) is 4.79 Å². The predicted molar refractivity (Wildman–Crippen MR) is 98.9 cm³/mol. The number of rotatable bonds is 3. The zero-order valence-corrected chi connectivity index (χ0v) is 16.4. The number of esters is 1. The minimum absolute atomic E-state index is 0.133. The van der Waals surface area contributed by atoms with Crippen LogP contribution in [0.5, 0.6) is 0 Å². The molecule has 3 rings (SSSR count). The molecule has 2 fully saturated rings. The van der Waals surface area contributed by atoms with Crippen molar-refractivity contribution in [2.75, 3.05) is 0 Å². The molecular weight excluding hydrogens is 315 g/mol. The lowest BCUT2D eigenvalue weighted by molar-refractivity contribution is -0.158. The fourth-order valence-corrected chi connectivity index (χ4v) is 3.07. The zero-order valence-electron chi connectivity index (χ0n) is 16.4. The molecular formula is C20H29BO4. The molecule has 0 aromatic heterocycles. The van der Waals surface area contributed by atoms with E-state index >= 15 is 0 Å². The Morgan fingerprint density at radius 3 is 2.12 bits per heavy atom. The lowest BCUT2D eigenvalue weighted by Gasteiger charge is -2.32. The highest BCUT2D eigenvalue weighted by atomic mass is 16.7. The van der Waals surface area contributed by atoms with Crippen molar-refractivity contribution in [2.24, 2.45) is 0 Å². The Morgan fingerprint density at radius 1 is 1.08 bits per heavy atom. The maximum atomic E-state index is 12.7. The van der Waals surface area contributed by atoms with Gasteiger partial charge in [-0.2, -0.15) is 0 Å². The Kier molecular flexibility index (Phi) is 4.12. The van der Waals surface area contributed by atoms with Gasteiger partial charge in [-0.25, -0.2) is 0 Å². The molecule has 0 N–H and O–H groups in total. The highest BCUT2D eigenvalue weighted by molar-refractivity contribution is 6.62. The van der Waals surface area contributed by atoms with Gasteiger partial charge in [0.2, 0.25) is 0 Å². The van der Waals surface area contributed by atoms with Crippen LogP contribution in [0.4, 0.5) is 0 Å². The molecule has 2 aliphatic rings. The Morgan fingerprint density at radius 2 is 1.64 bits per heavy atom. The van der Waals surface area contributed by atoms with Crippen LogP contribution in [0.2, 0.25) is 0 Å². The van der Waals surface area contributed by atoms with E-state index in [0.717, 1.165) is 23.9 Å². The van der Waals surface area contributed by atoms with Crippen molar-refractivity contribution in [3.05, 3.63) is 29.8 Å². The Labute approximate surface area is 151 Å². The second-order valence-electron chi connectivity index (χ2n) is 9.30. The molecule has 1 saturated carbocycles. The van der Waals surface area contributed by atoms with Gasteiger partial charge in [-0.1, -0.05) is 24.3 Å². The largest absolute Gasteiger partial charge is 0.494 e. The molecule has 0 radical (unpaired) electrons. The predicted octanol–water partition coefficient (Wildman–Crippen LogP) is 3.36. The average Bonchev–Trinajstić information content (AvgIpc) is 3.22. The first-order valence-electron chi connectivity index (χ1n) is 9.06. The first-order valence-corrected chi connectivity index (χ1v) is 9.06. The van der Waals surface area contributed by atoms with Gasteiger partial charge in [0.05, 0.1) is 16.6 Å². The average molecular weight is 344 g/mol. The molecule has 1 aromatic rings. The van der Waals surface area contributed by atoms with Crippen molar-refractivity contribution in [2.45, 2.75) is 83.5 Å². The van der Waals surface area contributed by atoms with E-state index in [0.29, 0.717) is 0 Å². The first-order chi connectivity index (χ1) is 11.4. The maximum Gasteiger partial charge on any atom is 0.494 e. The van der Waals surface area contributed by atoms with Crippen molar-refractivity contribution in [3.63, 3.8) is 0 Å². The van der Waals surface area contributed by atoms with Gasteiger partial charge in [-0.05, 0) is 72.3 Å². The molecule has 0 bridgehead atoms. The topological polar surface area (TPSA) is 44.8 Å². The van der Waals surface area contributed by atoms with Gasteiger partial charge >= 0.3 is 13.1 Å². The SMILES string of the molecule is CC(C)(C)OC(=O)C1(c2cccc(B3OC(C)(C)C(C)(C)O3)c2)CC1. The zero-order chi connectivity index (χ0) is 18.7. The van der Waals surface area contributed by atoms with Gasteiger partial charge < -0.3 is 14.0 Å². The molecule has 0 spiro atoms. The monoisotopic (exact) mass is 344 g/mol. The fourth-order valence-electron chi connectivity index (χ4n) is 3.07. The van der Waals surface area contributed by atoms with Crippen molar-refractivity contribution < 1.29 is 18.8 Å². The van der Waals surface area contributed by atoms with E-state index in [-0.39, 0.29) is 17.2 Å². The van der Waals surface area contributed by atoms with Crippen LogP contribution in [0, 0.1) is 0 Å². The summed E-state index contributed by atoms with van der Waals surface area (Å²) in [7, 11) is -0.417. The molecule has 1 aromatic carbocycles. The molecule has 0 unspecified atom stereocenters. The summed E-state index contributed by atoms with van der Waals surface area (Å²) in [4.78, 5) is 12.7. The van der Waals surface area contributed by atoms with Gasteiger partial charge in [0.1, 0.15) is 5.60 Å². The van der Waals surface area contributed by atoms with Crippen molar-refractivity contribution in [3.8, 4) is 0 Å². The molecule has 1 saturated heterocycles. The van der Waals surface area contributed by atoms with Crippen LogP contribution >= 0.6 is 0 Å². The van der Waals surface area contributed by atoms with Gasteiger partial charge in [-0.15, -0.1) is 0 Å². The van der Waals surface area contributed by atoms with E-state index in [1.165, 1.54) is 0 Å². The highest BCUT2D eigenvalue weighted by Crippen LogP contribution is 2.49. The Balaban J connectivity index is 1.85. The van der Waals surface area contributed by atoms with Crippen molar-refractivity contribution in [1.82, 2.24) is 0 Å². The molecule has 0 atom stereocenters. The van der Waals surface area contributed by atoms with Crippen molar-refractivity contribution in [1.29, 1.82) is 0 Å². The van der Waals surface area contributed by atoms with E-state index < -0.39 is 18.1 Å². The first kappa shape index (κ1) is 18.5. The quantitative estimate of drug-likeness (QED) is 0.623. The summed E-state index contributed by atoms with van der Waals surface area (Å²) in [6.07, 6.45) is 1.66. The van der Waals surface area contributed by atoms with Crippen LogP contribution in [0.15, 0.2) is 24.3 Å². The standard InChI is InChI=1S/C20H29BO4/c1-17(2,3)23-16(22)20(11-12-20)14-9-8-10-15(13-14)21-24-18(4,5)19(6,7)25-21/h8-10,13H,11-12H2,1-7H3. The van der Waals surface area contributed by atoms with E-state index in [2.05, 4.69) is 0 Å². The van der Waals surface area contributed by atoms with Gasteiger partial charge in [0.15, 0.2) is 0 Å². The number of hydrogen-bond acceptors (Lipinski definition) is 4. The number of carbonyl (C=O) groups is 1. The molecule has 0 amide bonds. The Hall–Kier alpha value is -1.33. The molecule has 136 valence electrons. The molecule has 25 heavy (non-hydrogen) atoms. The number of benzene rings is 1. The highest BCUT2D eigenvalue weighted by Gasteiger charge is 2.55. The summed E-state index contributed by atoms with van der Waals surface area (Å²) in [5.74, 6) is -0.133. The molecule has 5 heteroatoms. The van der Waals surface area contributed by atoms with E-state index in [1.807, 2.05) is 72.7 Å². The third-order valence-corrected chi connectivity index (χ3v) is 5.50. The maximum absolute atomic E-state index is 12.7. The summed E-state index contributed by atoms with van der Waals surface area (Å²) >= 11 is 0. The number of hydrogen-bond donors (Lipinski definition) is 0. The third kappa shape index (κ3) is 3.36. The van der Waals surface area contributed by atoms with Crippen LogP contribution in [0.1, 0.15) is 66.9 Å².